The lowest BCUT2D eigenvalue weighted by molar-refractivity contribution is -0.127. The maximum Gasteiger partial charge on any atom is 0.260 e. The number of benzene rings is 1. The molecule has 1 fully saturated rings. The smallest absolute Gasteiger partial charge is 0.260 e. The number of nitrogens with one attached hydrogen (secondary N) is 2. The van der Waals surface area contributed by atoms with Gasteiger partial charge in [-0.25, -0.2) is 0 Å². The number of rotatable bonds is 7. The van der Waals surface area contributed by atoms with Crippen LogP contribution in [0.15, 0.2) is 18.2 Å². The molecule has 0 radical (unpaired) electrons. The lowest BCUT2D eigenvalue weighted by atomic mass is 10.2. The Morgan fingerprint density at radius 1 is 1.38 bits per heavy atom. The van der Waals surface area contributed by atoms with Crippen molar-refractivity contribution in [2.75, 3.05) is 0 Å². The fourth-order valence-corrected chi connectivity index (χ4v) is 2.10. The molecule has 1 aliphatic rings. The molecule has 1 saturated carbocycles. The van der Waals surface area contributed by atoms with E-state index in [1.54, 1.807) is 13.0 Å². The summed E-state index contributed by atoms with van der Waals surface area (Å²) in [5.74, 6) is 0.640. The molecule has 5 heteroatoms. The highest BCUT2D eigenvalue weighted by Crippen LogP contribution is 2.24. The summed E-state index contributed by atoms with van der Waals surface area (Å²) >= 11 is 6.05. The molecule has 116 valence electrons. The Balaban J connectivity index is 2.01. The zero-order valence-corrected chi connectivity index (χ0v) is 13.5. The van der Waals surface area contributed by atoms with Gasteiger partial charge in [-0.1, -0.05) is 25.4 Å². The summed E-state index contributed by atoms with van der Waals surface area (Å²) in [4.78, 5) is 12.0. The van der Waals surface area contributed by atoms with Gasteiger partial charge in [0, 0.05) is 29.2 Å². The van der Waals surface area contributed by atoms with Gasteiger partial charge in [-0.3, -0.25) is 4.79 Å². The summed E-state index contributed by atoms with van der Waals surface area (Å²) in [6.07, 6.45) is 1.64. The van der Waals surface area contributed by atoms with Gasteiger partial charge in [-0.15, -0.1) is 0 Å². The topological polar surface area (TPSA) is 50.4 Å². The van der Waals surface area contributed by atoms with Crippen molar-refractivity contribution in [1.82, 2.24) is 10.6 Å². The average Bonchev–Trinajstić information content (AvgIpc) is 3.22. The molecule has 0 saturated heterocycles. The molecular weight excluding hydrogens is 288 g/mol. The zero-order valence-electron chi connectivity index (χ0n) is 12.8. The number of hydrogen-bond donors (Lipinski definition) is 2. The van der Waals surface area contributed by atoms with Crippen LogP contribution >= 0.6 is 11.6 Å². The number of carbonyl (C=O) groups excluding carboxylic acids is 1. The van der Waals surface area contributed by atoms with Crippen LogP contribution in [-0.4, -0.2) is 24.1 Å². The summed E-state index contributed by atoms with van der Waals surface area (Å²) in [6, 6.07) is 6.18. The summed E-state index contributed by atoms with van der Waals surface area (Å²) in [5.41, 5.74) is 0.960. The Labute approximate surface area is 131 Å². The van der Waals surface area contributed by atoms with Gasteiger partial charge >= 0.3 is 0 Å². The Bertz CT molecular complexity index is 501. The lowest BCUT2D eigenvalue weighted by Gasteiger charge is -2.18. The van der Waals surface area contributed by atoms with Gasteiger partial charge in [-0.2, -0.15) is 0 Å². The molecule has 4 nitrogen and oxygen atoms in total. The Kier molecular flexibility index (Phi) is 5.48. The number of halogens is 1. The summed E-state index contributed by atoms with van der Waals surface area (Å²) < 4.78 is 5.81. The van der Waals surface area contributed by atoms with E-state index in [1.807, 2.05) is 12.1 Å². The molecule has 1 unspecified atom stereocenters. The van der Waals surface area contributed by atoms with Crippen LogP contribution in [0.5, 0.6) is 5.75 Å². The van der Waals surface area contributed by atoms with Crippen LogP contribution in [0.4, 0.5) is 0 Å². The molecule has 0 heterocycles. The molecule has 0 bridgehead atoms. The number of ether oxygens (including phenoxy) is 1. The van der Waals surface area contributed by atoms with Crippen LogP contribution < -0.4 is 15.4 Å². The van der Waals surface area contributed by atoms with E-state index in [9.17, 15) is 4.79 Å². The van der Waals surface area contributed by atoms with Gasteiger partial charge in [0.25, 0.3) is 5.91 Å². The molecule has 1 aromatic rings. The maximum atomic E-state index is 12.0. The Hall–Kier alpha value is -1.26. The van der Waals surface area contributed by atoms with Crippen LogP contribution in [0, 0.1) is 0 Å². The molecule has 1 aliphatic carbocycles. The first-order valence-corrected chi connectivity index (χ1v) is 7.82. The van der Waals surface area contributed by atoms with Gasteiger partial charge in [0.15, 0.2) is 6.10 Å². The monoisotopic (exact) mass is 310 g/mol. The molecule has 2 rings (SSSR count). The van der Waals surface area contributed by atoms with E-state index in [4.69, 9.17) is 16.3 Å². The van der Waals surface area contributed by atoms with Crippen molar-refractivity contribution in [2.45, 2.75) is 58.3 Å². The zero-order chi connectivity index (χ0) is 15.4. The van der Waals surface area contributed by atoms with Gasteiger partial charge in [-0.05, 0) is 38.0 Å². The van der Waals surface area contributed by atoms with Crippen molar-refractivity contribution < 1.29 is 9.53 Å². The fraction of sp³-hybridized carbons (Fsp3) is 0.562. The predicted octanol–water partition coefficient (Wildman–Crippen LogP) is 2.88. The molecule has 1 atom stereocenters. The maximum absolute atomic E-state index is 12.0. The van der Waals surface area contributed by atoms with E-state index in [0.717, 1.165) is 18.4 Å². The van der Waals surface area contributed by atoms with Crippen LogP contribution in [-0.2, 0) is 11.3 Å². The van der Waals surface area contributed by atoms with Crippen LogP contribution in [0.2, 0.25) is 5.02 Å². The van der Waals surface area contributed by atoms with Crippen molar-refractivity contribution in [3.05, 3.63) is 28.8 Å². The van der Waals surface area contributed by atoms with Gasteiger partial charge in [0.1, 0.15) is 5.75 Å². The fourth-order valence-electron chi connectivity index (χ4n) is 1.91. The molecule has 21 heavy (non-hydrogen) atoms. The SMILES string of the molecule is CC(C)NCc1cc(Cl)ccc1OC(C)C(=O)NC1CC1. The predicted molar refractivity (Wildman–Crippen MR) is 84.7 cm³/mol. The molecular formula is C16H23ClN2O2. The van der Waals surface area contributed by atoms with Gasteiger partial charge in [0.2, 0.25) is 0 Å². The van der Waals surface area contributed by atoms with E-state index < -0.39 is 6.10 Å². The number of amides is 1. The third kappa shape index (κ3) is 5.21. The second-order valence-electron chi connectivity index (χ2n) is 5.83. The molecule has 0 spiro atoms. The second kappa shape index (κ2) is 7.14. The van der Waals surface area contributed by atoms with Crippen molar-refractivity contribution in [3.8, 4) is 5.75 Å². The average molecular weight is 311 g/mol. The highest BCUT2D eigenvalue weighted by molar-refractivity contribution is 6.30. The van der Waals surface area contributed by atoms with Gasteiger partial charge in [0.05, 0.1) is 0 Å². The second-order valence-corrected chi connectivity index (χ2v) is 6.27. The Morgan fingerprint density at radius 2 is 2.10 bits per heavy atom. The van der Waals surface area contributed by atoms with Crippen molar-refractivity contribution in [2.24, 2.45) is 0 Å². The third-order valence-corrected chi connectivity index (χ3v) is 3.56. The lowest BCUT2D eigenvalue weighted by Crippen LogP contribution is -2.37. The first kappa shape index (κ1) is 16.1. The van der Waals surface area contributed by atoms with Crippen molar-refractivity contribution in [1.29, 1.82) is 0 Å². The highest BCUT2D eigenvalue weighted by atomic mass is 35.5. The van der Waals surface area contributed by atoms with Gasteiger partial charge < -0.3 is 15.4 Å². The third-order valence-electron chi connectivity index (χ3n) is 3.32. The number of carbonyl (C=O) groups is 1. The van der Waals surface area contributed by atoms with E-state index in [-0.39, 0.29) is 5.91 Å². The minimum absolute atomic E-state index is 0.0600. The quantitative estimate of drug-likeness (QED) is 0.814. The van der Waals surface area contributed by atoms with E-state index >= 15 is 0 Å². The van der Waals surface area contributed by atoms with Crippen LogP contribution in [0.3, 0.4) is 0 Å². The minimum Gasteiger partial charge on any atom is -0.481 e. The molecule has 0 aromatic heterocycles. The summed E-state index contributed by atoms with van der Waals surface area (Å²) in [6.45, 7) is 6.59. The number of hydrogen-bond acceptors (Lipinski definition) is 3. The normalized spacial score (nSPS) is 15.9. The Morgan fingerprint density at radius 3 is 2.71 bits per heavy atom. The first-order chi connectivity index (χ1) is 9.95. The molecule has 1 aromatic carbocycles. The summed E-state index contributed by atoms with van der Waals surface area (Å²) in [7, 11) is 0. The molecule has 0 aliphatic heterocycles. The van der Waals surface area contributed by atoms with Crippen molar-refractivity contribution in [3.63, 3.8) is 0 Å². The largest absolute Gasteiger partial charge is 0.481 e. The molecule has 2 N–H and O–H groups in total. The minimum atomic E-state index is -0.510. The molecule has 1 amide bonds. The van der Waals surface area contributed by atoms with E-state index in [1.165, 1.54) is 0 Å². The summed E-state index contributed by atoms with van der Waals surface area (Å²) in [5, 5.41) is 6.95. The van der Waals surface area contributed by atoms with E-state index in [2.05, 4.69) is 24.5 Å². The van der Waals surface area contributed by atoms with E-state index in [0.29, 0.717) is 29.4 Å². The first-order valence-electron chi connectivity index (χ1n) is 7.44. The van der Waals surface area contributed by atoms with Crippen LogP contribution in [0.25, 0.3) is 0 Å². The highest BCUT2D eigenvalue weighted by Gasteiger charge is 2.26. The standard InChI is InChI=1S/C16H23ClN2O2/c1-10(2)18-9-12-8-13(17)4-7-15(12)21-11(3)16(20)19-14-5-6-14/h4,7-8,10-11,14,18H,5-6,9H2,1-3H3,(H,19,20). The van der Waals surface area contributed by atoms with Crippen molar-refractivity contribution >= 4 is 17.5 Å². The van der Waals surface area contributed by atoms with Crippen LogP contribution in [0.1, 0.15) is 39.2 Å².